The van der Waals surface area contributed by atoms with Crippen LogP contribution in [0.4, 0.5) is 0 Å². The number of hydrogen-bond donors (Lipinski definition) is 2. The van der Waals surface area contributed by atoms with Crippen LogP contribution in [-0.4, -0.2) is 18.0 Å². The first-order valence-corrected chi connectivity index (χ1v) is 8.18. The molecule has 3 rings (SSSR count). The Labute approximate surface area is 135 Å². The molecule has 0 saturated heterocycles. The SMILES string of the molecule is CC(CN)(NC(=O)C1CC1c1cccc(Cl)c1Cl)C1CC1. The molecule has 2 fully saturated rings. The first kappa shape index (κ1) is 15.1. The summed E-state index contributed by atoms with van der Waals surface area (Å²) in [6.45, 7) is 2.53. The van der Waals surface area contributed by atoms with Gasteiger partial charge in [-0.1, -0.05) is 35.3 Å². The van der Waals surface area contributed by atoms with E-state index < -0.39 is 0 Å². The van der Waals surface area contributed by atoms with E-state index in [0.29, 0.717) is 22.5 Å². The number of amides is 1. The highest BCUT2D eigenvalue weighted by Gasteiger charge is 2.49. The molecule has 3 N–H and O–H groups in total. The van der Waals surface area contributed by atoms with E-state index in [2.05, 4.69) is 5.32 Å². The number of rotatable bonds is 5. The molecule has 0 aromatic heterocycles. The molecule has 114 valence electrons. The highest BCUT2D eigenvalue weighted by atomic mass is 35.5. The lowest BCUT2D eigenvalue weighted by molar-refractivity contribution is -0.124. The normalized spacial score (nSPS) is 27.0. The molecular weight excluding hydrogens is 307 g/mol. The molecule has 2 aliphatic carbocycles. The third kappa shape index (κ3) is 2.92. The minimum atomic E-state index is -0.262. The van der Waals surface area contributed by atoms with Gasteiger partial charge in [-0.05, 0) is 49.7 Å². The summed E-state index contributed by atoms with van der Waals surface area (Å²) in [6.07, 6.45) is 3.14. The lowest BCUT2D eigenvalue weighted by Crippen LogP contribution is -2.53. The predicted molar refractivity (Wildman–Crippen MR) is 85.6 cm³/mol. The van der Waals surface area contributed by atoms with Crippen molar-refractivity contribution in [2.24, 2.45) is 17.6 Å². The highest BCUT2D eigenvalue weighted by molar-refractivity contribution is 6.42. The third-order valence-corrected chi connectivity index (χ3v) is 5.65. The molecule has 3 atom stereocenters. The quantitative estimate of drug-likeness (QED) is 0.871. The molecule has 1 aromatic rings. The van der Waals surface area contributed by atoms with Crippen LogP contribution in [0.15, 0.2) is 18.2 Å². The summed E-state index contributed by atoms with van der Waals surface area (Å²) in [5.74, 6) is 0.789. The van der Waals surface area contributed by atoms with Crippen LogP contribution in [0.2, 0.25) is 10.0 Å². The van der Waals surface area contributed by atoms with Gasteiger partial charge in [-0.15, -0.1) is 0 Å². The van der Waals surface area contributed by atoms with Crippen molar-refractivity contribution in [3.63, 3.8) is 0 Å². The van der Waals surface area contributed by atoms with Crippen molar-refractivity contribution in [2.75, 3.05) is 6.54 Å². The van der Waals surface area contributed by atoms with E-state index in [9.17, 15) is 4.79 Å². The molecule has 0 spiro atoms. The summed E-state index contributed by atoms with van der Waals surface area (Å²) >= 11 is 12.3. The molecule has 1 aromatic carbocycles. The minimum Gasteiger partial charge on any atom is -0.349 e. The fourth-order valence-electron chi connectivity index (χ4n) is 3.05. The Kier molecular flexibility index (Phi) is 3.93. The van der Waals surface area contributed by atoms with Gasteiger partial charge in [0.15, 0.2) is 0 Å². The van der Waals surface area contributed by atoms with Crippen LogP contribution in [0.3, 0.4) is 0 Å². The maximum absolute atomic E-state index is 12.4. The van der Waals surface area contributed by atoms with Crippen LogP contribution < -0.4 is 11.1 Å². The fourth-order valence-corrected chi connectivity index (χ4v) is 3.50. The zero-order valence-corrected chi connectivity index (χ0v) is 13.5. The average Bonchev–Trinajstić information content (AvgIpc) is 3.33. The van der Waals surface area contributed by atoms with E-state index in [-0.39, 0.29) is 23.3 Å². The Bertz CT molecular complexity index is 573. The number of benzene rings is 1. The molecular formula is C16H20Cl2N2O. The van der Waals surface area contributed by atoms with Crippen molar-refractivity contribution in [3.8, 4) is 0 Å². The van der Waals surface area contributed by atoms with Crippen LogP contribution in [-0.2, 0) is 4.79 Å². The van der Waals surface area contributed by atoms with Crippen molar-refractivity contribution in [3.05, 3.63) is 33.8 Å². The minimum absolute atomic E-state index is 0.00871. The number of hydrogen-bond acceptors (Lipinski definition) is 2. The Morgan fingerprint density at radius 2 is 2.14 bits per heavy atom. The van der Waals surface area contributed by atoms with Crippen molar-refractivity contribution in [1.82, 2.24) is 5.32 Å². The second-order valence-electron chi connectivity index (χ2n) is 6.48. The number of halogens is 2. The smallest absolute Gasteiger partial charge is 0.224 e. The van der Waals surface area contributed by atoms with Gasteiger partial charge in [0, 0.05) is 12.5 Å². The maximum atomic E-state index is 12.4. The summed E-state index contributed by atoms with van der Waals surface area (Å²) in [7, 11) is 0. The number of carbonyl (C=O) groups excluding carboxylic acids is 1. The van der Waals surface area contributed by atoms with E-state index in [1.165, 1.54) is 0 Å². The van der Waals surface area contributed by atoms with Crippen molar-refractivity contribution in [1.29, 1.82) is 0 Å². The number of nitrogens with one attached hydrogen (secondary N) is 1. The van der Waals surface area contributed by atoms with Crippen molar-refractivity contribution >= 4 is 29.1 Å². The molecule has 3 nitrogen and oxygen atoms in total. The van der Waals surface area contributed by atoms with Crippen LogP contribution in [0, 0.1) is 11.8 Å². The van der Waals surface area contributed by atoms with Crippen LogP contribution in [0.5, 0.6) is 0 Å². The molecule has 2 aliphatic rings. The molecule has 0 aliphatic heterocycles. The molecule has 21 heavy (non-hydrogen) atoms. The predicted octanol–water partition coefficient (Wildman–Crippen LogP) is 3.34. The number of nitrogens with two attached hydrogens (primary N) is 1. The lowest BCUT2D eigenvalue weighted by Gasteiger charge is -2.29. The summed E-state index contributed by atoms with van der Waals surface area (Å²) in [5, 5.41) is 4.28. The van der Waals surface area contributed by atoms with Gasteiger partial charge in [-0.25, -0.2) is 0 Å². The molecule has 1 amide bonds. The maximum Gasteiger partial charge on any atom is 0.224 e. The Morgan fingerprint density at radius 1 is 1.43 bits per heavy atom. The van der Waals surface area contributed by atoms with E-state index in [4.69, 9.17) is 28.9 Å². The monoisotopic (exact) mass is 326 g/mol. The van der Waals surface area contributed by atoms with Gasteiger partial charge in [0.1, 0.15) is 0 Å². The zero-order chi connectivity index (χ0) is 15.2. The van der Waals surface area contributed by atoms with Crippen molar-refractivity contribution in [2.45, 2.75) is 37.6 Å². The van der Waals surface area contributed by atoms with Crippen molar-refractivity contribution < 1.29 is 4.79 Å². The van der Waals surface area contributed by atoms with Gasteiger partial charge < -0.3 is 11.1 Å². The standard InChI is InChI=1S/C16H20Cl2N2O/c1-16(8-19,9-5-6-9)20-15(21)12-7-11(12)10-3-2-4-13(17)14(10)18/h2-4,9,11-12H,5-8,19H2,1H3,(H,20,21). The van der Waals surface area contributed by atoms with Gasteiger partial charge in [-0.2, -0.15) is 0 Å². The van der Waals surface area contributed by atoms with Gasteiger partial charge >= 0.3 is 0 Å². The molecule has 0 radical (unpaired) electrons. The summed E-state index contributed by atoms with van der Waals surface area (Å²) in [6, 6.07) is 5.60. The van der Waals surface area contributed by atoms with Gasteiger partial charge in [0.25, 0.3) is 0 Å². The molecule has 5 heteroatoms. The number of carbonyl (C=O) groups is 1. The van der Waals surface area contributed by atoms with E-state index in [1.807, 2.05) is 19.1 Å². The van der Waals surface area contributed by atoms with Crippen LogP contribution >= 0.6 is 23.2 Å². The van der Waals surface area contributed by atoms with Crippen LogP contribution in [0.25, 0.3) is 0 Å². The second kappa shape index (κ2) is 5.45. The van der Waals surface area contributed by atoms with Gasteiger partial charge in [0.2, 0.25) is 5.91 Å². The third-order valence-electron chi connectivity index (χ3n) is 4.82. The van der Waals surface area contributed by atoms with Gasteiger partial charge in [0.05, 0.1) is 15.6 Å². The average molecular weight is 327 g/mol. The highest BCUT2D eigenvalue weighted by Crippen LogP contribution is 2.51. The fraction of sp³-hybridized carbons (Fsp3) is 0.562. The molecule has 0 bridgehead atoms. The molecule has 2 saturated carbocycles. The van der Waals surface area contributed by atoms with Gasteiger partial charge in [-0.3, -0.25) is 4.79 Å². The topological polar surface area (TPSA) is 55.1 Å². The van der Waals surface area contributed by atoms with E-state index >= 15 is 0 Å². The Balaban J connectivity index is 1.67. The second-order valence-corrected chi connectivity index (χ2v) is 7.26. The Hall–Kier alpha value is -0.770. The summed E-state index contributed by atoms with van der Waals surface area (Å²) in [4.78, 5) is 12.4. The first-order valence-electron chi connectivity index (χ1n) is 7.42. The Morgan fingerprint density at radius 3 is 2.76 bits per heavy atom. The zero-order valence-electron chi connectivity index (χ0n) is 12.0. The lowest BCUT2D eigenvalue weighted by atomic mass is 9.95. The largest absolute Gasteiger partial charge is 0.349 e. The van der Waals surface area contributed by atoms with Crippen LogP contribution in [0.1, 0.15) is 37.7 Å². The molecule has 0 heterocycles. The van der Waals surface area contributed by atoms with E-state index in [1.54, 1.807) is 6.07 Å². The van der Waals surface area contributed by atoms with E-state index in [0.717, 1.165) is 24.8 Å². The first-order chi connectivity index (χ1) is 9.96. The summed E-state index contributed by atoms with van der Waals surface area (Å²) in [5.41, 5.74) is 6.57. The molecule has 3 unspecified atom stereocenters. The summed E-state index contributed by atoms with van der Waals surface area (Å²) < 4.78 is 0.